The number of halogens is 3. The summed E-state index contributed by atoms with van der Waals surface area (Å²) in [4.78, 5) is 0. The van der Waals surface area contributed by atoms with Crippen molar-refractivity contribution in [2.45, 2.75) is 12.5 Å². The summed E-state index contributed by atoms with van der Waals surface area (Å²) in [7, 11) is 0. The molecule has 94 valence electrons. The Morgan fingerprint density at radius 3 is 2.56 bits per heavy atom. The van der Waals surface area contributed by atoms with Gasteiger partial charge in [-0.3, -0.25) is 0 Å². The SMILES string of the molecule is NC(Cc1cccc(F)c1)c1ccc(Br)c(F)c1. The van der Waals surface area contributed by atoms with E-state index in [1.807, 2.05) is 0 Å². The molecule has 0 aromatic heterocycles. The van der Waals surface area contributed by atoms with Gasteiger partial charge >= 0.3 is 0 Å². The Morgan fingerprint density at radius 2 is 1.89 bits per heavy atom. The van der Waals surface area contributed by atoms with Crippen LogP contribution in [-0.2, 0) is 6.42 Å². The number of hydrogen-bond acceptors (Lipinski definition) is 1. The smallest absolute Gasteiger partial charge is 0.137 e. The van der Waals surface area contributed by atoms with Gasteiger partial charge in [-0.15, -0.1) is 0 Å². The minimum Gasteiger partial charge on any atom is -0.324 e. The normalized spacial score (nSPS) is 12.4. The zero-order valence-electron chi connectivity index (χ0n) is 9.54. The van der Waals surface area contributed by atoms with Crippen molar-refractivity contribution in [3.05, 3.63) is 69.7 Å². The second kappa shape index (κ2) is 5.59. The summed E-state index contributed by atoms with van der Waals surface area (Å²) < 4.78 is 26.8. The lowest BCUT2D eigenvalue weighted by Crippen LogP contribution is -2.13. The summed E-state index contributed by atoms with van der Waals surface area (Å²) >= 11 is 3.09. The maximum atomic E-state index is 13.4. The Bertz CT molecular complexity index is 557. The molecule has 0 amide bonds. The highest BCUT2D eigenvalue weighted by Crippen LogP contribution is 2.22. The molecule has 0 saturated carbocycles. The molecule has 4 heteroatoms. The highest BCUT2D eigenvalue weighted by atomic mass is 79.9. The zero-order chi connectivity index (χ0) is 13.1. The van der Waals surface area contributed by atoms with E-state index in [9.17, 15) is 8.78 Å². The van der Waals surface area contributed by atoms with Gasteiger partial charge in [-0.25, -0.2) is 8.78 Å². The number of nitrogens with two attached hydrogens (primary N) is 1. The molecular formula is C14H12BrF2N. The molecular weight excluding hydrogens is 300 g/mol. The van der Waals surface area contributed by atoms with E-state index in [1.54, 1.807) is 24.3 Å². The number of rotatable bonds is 3. The van der Waals surface area contributed by atoms with Crippen LogP contribution < -0.4 is 5.73 Å². The minimum absolute atomic E-state index is 0.290. The molecule has 1 nitrogen and oxygen atoms in total. The van der Waals surface area contributed by atoms with Crippen molar-refractivity contribution in [2.24, 2.45) is 5.73 Å². The fraction of sp³-hybridized carbons (Fsp3) is 0.143. The summed E-state index contributed by atoms with van der Waals surface area (Å²) in [5.41, 5.74) is 7.48. The Balaban J connectivity index is 2.16. The molecule has 2 N–H and O–H groups in total. The topological polar surface area (TPSA) is 26.0 Å². The predicted molar refractivity (Wildman–Crippen MR) is 71.1 cm³/mol. The van der Waals surface area contributed by atoms with Crippen LogP contribution in [0, 0.1) is 11.6 Å². The fourth-order valence-electron chi connectivity index (χ4n) is 1.78. The van der Waals surface area contributed by atoms with E-state index in [-0.39, 0.29) is 17.7 Å². The lowest BCUT2D eigenvalue weighted by Gasteiger charge is -2.12. The molecule has 2 aromatic rings. The van der Waals surface area contributed by atoms with Crippen molar-refractivity contribution in [3.8, 4) is 0 Å². The van der Waals surface area contributed by atoms with Crippen LogP contribution in [0.4, 0.5) is 8.78 Å². The van der Waals surface area contributed by atoms with E-state index >= 15 is 0 Å². The van der Waals surface area contributed by atoms with E-state index in [2.05, 4.69) is 15.9 Å². The molecule has 18 heavy (non-hydrogen) atoms. The van der Waals surface area contributed by atoms with E-state index < -0.39 is 0 Å². The van der Waals surface area contributed by atoms with Gasteiger partial charge in [-0.1, -0.05) is 18.2 Å². The first-order valence-electron chi connectivity index (χ1n) is 5.51. The number of hydrogen-bond donors (Lipinski definition) is 1. The zero-order valence-corrected chi connectivity index (χ0v) is 11.1. The lowest BCUT2D eigenvalue weighted by atomic mass is 10.00. The summed E-state index contributed by atoms with van der Waals surface area (Å²) in [6, 6.07) is 10.7. The van der Waals surface area contributed by atoms with Crippen molar-refractivity contribution in [1.29, 1.82) is 0 Å². The predicted octanol–water partition coefficient (Wildman–Crippen LogP) is 3.97. The van der Waals surface area contributed by atoms with Crippen molar-refractivity contribution < 1.29 is 8.78 Å². The van der Waals surface area contributed by atoms with Crippen LogP contribution in [0.1, 0.15) is 17.2 Å². The maximum absolute atomic E-state index is 13.4. The van der Waals surface area contributed by atoms with Gasteiger partial charge in [-0.05, 0) is 57.7 Å². The quantitative estimate of drug-likeness (QED) is 0.912. The highest BCUT2D eigenvalue weighted by Gasteiger charge is 2.10. The van der Waals surface area contributed by atoms with Crippen LogP contribution in [0.2, 0.25) is 0 Å². The summed E-state index contributed by atoms with van der Waals surface area (Å²) in [6.45, 7) is 0. The van der Waals surface area contributed by atoms with E-state index in [0.29, 0.717) is 16.5 Å². The molecule has 1 unspecified atom stereocenters. The van der Waals surface area contributed by atoms with Gasteiger partial charge in [0.1, 0.15) is 11.6 Å². The van der Waals surface area contributed by atoms with Crippen LogP contribution in [0.25, 0.3) is 0 Å². The molecule has 0 heterocycles. The Morgan fingerprint density at radius 1 is 1.11 bits per heavy atom. The Labute approximate surface area is 113 Å². The molecule has 0 spiro atoms. The van der Waals surface area contributed by atoms with Gasteiger partial charge in [-0.2, -0.15) is 0 Å². The molecule has 0 bridgehead atoms. The molecule has 1 atom stereocenters. The van der Waals surface area contributed by atoms with Gasteiger partial charge < -0.3 is 5.73 Å². The summed E-state index contributed by atoms with van der Waals surface area (Å²) in [5.74, 6) is -0.635. The third-order valence-corrected chi connectivity index (χ3v) is 3.36. The van der Waals surface area contributed by atoms with Gasteiger partial charge in [0.05, 0.1) is 4.47 Å². The third-order valence-electron chi connectivity index (χ3n) is 2.72. The highest BCUT2D eigenvalue weighted by molar-refractivity contribution is 9.10. The minimum atomic E-state index is -0.352. The first-order chi connectivity index (χ1) is 8.56. The monoisotopic (exact) mass is 311 g/mol. The molecule has 0 fully saturated rings. The molecule has 0 aliphatic rings. The first-order valence-corrected chi connectivity index (χ1v) is 6.30. The second-order valence-corrected chi connectivity index (χ2v) is 4.97. The third kappa shape index (κ3) is 3.15. The number of benzene rings is 2. The molecule has 0 aliphatic heterocycles. The van der Waals surface area contributed by atoms with Crippen LogP contribution in [0.5, 0.6) is 0 Å². The average molecular weight is 312 g/mol. The van der Waals surface area contributed by atoms with E-state index in [1.165, 1.54) is 18.2 Å². The van der Waals surface area contributed by atoms with Crippen molar-refractivity contribution >= 4 is 15.9 Å². The van der Waals surface area contributed by atoms with Crippen molar-refractivity contribution in [2.75, 3.05) is 0 Å². The molecule has 2 aromatic carbocycles. The lowest BCUT2D eigenvalue weighted by molar-refractivity contribution is 0.609. The summed E-state index contributed by atoms with van der Waals surface area (Å²) in [6.07, 6.45) is 0.471. The Kier molecular flexibility index (Phi) is 4.09. The van der Waals surface area contributed by atoms with Gasteiger partial charge in [0, 0.05) is 6.04 Å². The maximum Gasteiger partial charge on any atom is 0.137 e. The van der Waals surface area contributed by atoms with Crippen LogP contribution >= 0.6 is 15.9 Å². The van der Waals surface area contributed by atoms with E-state index in [0.717, 1.165) is 5.56 Å². The molecule has 2 rings (SSSR count). The first kappa shape index (κ1) is 13.2. The largest absolute Gasteiger partial charge is 0.324 e. The second-order valence-electron chi connectivity index (χ2n) is 4.11. The van der Waals surface area contributed by atoms with Crippen LogP contribution in [-0.4, -0.2) is 0 Å². The average Bonchev–Trinajstić information content (AvgIpc) is 2.32. The van der Waals surface area contributed by atoms with Crippen molar-refractivity contribution in [1.82, 2.24) is 0 Å². The van der Waals surface area contributed by atoms with Gasteiger partial charge in [0.2, 0.25) is 0 Å². The van der Waals surface area contributed by atoms with E-state index in [4.69, 9.17) is 5.73 Å². The Hall–Kier alpha value is -1.26. The summed E-state index contributed by atoms with van der Waals surface area (Å²) in [5, 5.41) is 0. The standard InChI is InChI=1S/C14H12BrF2N/c15-12-5-4-10(8-13(12)17)14(18)7-9-2-1-3-11(16)6-9/h1-6,8,14H,7,18H2. The molecule has 0 aliphatic carbocycles. The molecule has 0 radical (unpaired) electrons. The van der Waals surface area contributed by atoms with Crippen LogP contribution in [0.3, 0.4) is 0 Å². The molecule has 0 saturated heterocycles. The van der Waals surface area contributed by atoms with Gasteiger partial charge in [0.15, 0.2) is 0 Å². The van der Waals surface area contributed by atoms with Crippen molar-refractivity contribution in [3.63, 3.8) is 0 Å². The van der Waals surface area contributed by atoms with Crippen LogP contribution in [0.15, 0.2) is 46.9 Å². The fourth-order valence-corrected chi connectivity index (χ4v) is 2.03. The van der Waals surface area contributed by atoms with Gasteiger partial charge in [0.25, 0.3) is 0 Å².